The quantitative estimate of drug-likeness (QED) is 0.889. The van der Waals surface area contributed by atoms with Crippen molar-refractivity contribution >= 4 is 11.3 Å². The Labute approximate surface area is 103 Å². The van der Waals surface area contributed by atoms with Gasteiger partial charge in [-0.3, -0.25) is 0 Å². The van der Waals surface area contributed by atoms with Crippen LogP contribution in [0.25, 0.3) is 0 Å². The fourth-order valence-corrected chi connectivity index (χ4v) is 2.49. The maximum atomic E-state index is 13.4. The molecule has 2 N–H and O–H groups in total. The van der Waals surface area contributed by atoms with Crippen LogP contribution in [0.3, 0.4) is 0 Å². The van der Waals surface area contributed by atoms with Crippen LogP contribution in [0.5, 0.6) is 0 Å². The van der Waals surface area contributed by atoms with Gasteiger partial charge in [-0.05, 0) is 42.5 Å². The molecule has 1 heterocycles. The number of hydrogen-bond donors (Lipinski definition) is 1. The van der Waals surface area contributed by atoms with Crippen molar-refractivity contribution < 1.29 is 8.78 Å². The second-order valence-electron chi connectivity index (χ2n) is 4.00. The van der Waals surface area contributed by atoms with Gasteiger partial charge in [0.1, 0.15) is 11.6 Å². The molecule has 0 amide bonds. The maximum Gasteiger partial charge on any atom is 0.129 e. The largest absolute Gasteiger partial charge is 0.324 e. The molecule has 0 bridgehead atoms. The summed E-state index contributed by atoms with van der Waals surface area (Å²) in [6, 6.07) is 5.45. The summed E-state index contributed by atoms with van der Waals surface area (Å²) in [6.45, 7) is 1.98. The van der Waals surface area contributed by atoms with Crippen molar-refractivity contribution in [3.63, 3.8) is 0 Å². The van der Waals surface area contributed by atoms with Crippen LogP contribution in [-0.4, -0.2) is 0 Å². The van der Waals surface area contributed by atoms with Gasteiger partial charge in [0.15, 0.2) is 0 Å². The molecule has 1 aromatic carbocycles. The number of aryl methyl sites for hydroxylation is 1. The Bertz CT molecular complexity index is 502. The van der Waals surface area contributed by atoms with Gasteiger partial charge in [-0.2, -0.15) is 0 Å². The van der Waals surface area contributed by atoms with Crippen molar-refractivity contribution in [1.29, 1.82) is 0 Å². The van der Waals surface area contributed by atoms with E-state index in [1.807, 2.05) is 18.4 Å². The summed E-state index contributed by atoms with van der Waals surface area (Å²) in [5.74, 6) is -1.07. The van der Waals surface area contributed by atoms with Gasteiger partial charge in [0.25, 0.3) is 0 Å². The smallest absolute Gasteiger partial charge is 0.129 e. The van der Waals surface area contributed by atoms with Crippen LogP contribution >= 0.6 is 11.3 Å². The molecule has 0 aliphatic carbocycles. The van der Waals surface area contributed by atoms with Crippen molar-refractivity contribution in [3.8, 4) is 0 Å². The summed E-state index contributed by atoms with van der Waals surface area (Å²) in [5.41, 5.74) is 6.94. The SMILES string of the molecule is Cc1cc(C(N)Cc2c(F)cccc2F)cs1. The molecule has 0 radical (unpaired) electrons. The first-order chi connectivity index (χ1) is 8.08. The number of hydrogen-bond acceptors (Lipinski definition) is 2. The molecule has 17 heavy (non-hydrogen) atoms. The first-order valence-corrected chi connectivity index (χ1v) is 6.19. The fraction of sp³-hybridized carbons (Fsp3) is 0.231. The molecule has 0 saturated heterocycles. The van der Waals surface area contributed by atoms with E-state index in [1.54, 1.807) is 11.3 Å². The first-order valence-electron chi connectivity index (χ1n) is 5.31. The summed E-state index contributed by atoms with van der Waals surface area (Å²) >= 11 is 1.58. The van der Waals surface area contributed by atoms with Gasteiger partial charge in [0.05, 0.1) is 0 Å². The summed E-state index contributed by atoms with van der Waals surface area (Å²) < 4.78 is 26.9. The van der Waals surface area contributed by atoms with E-state index >= 15 is 0 Å². The number of nitrogens with two attached hydrogens (primary N) is 1. The van der Waals surface area contributed by atoms with E-state index in [2.05, 4.69) is 0 Å². The van der Waals surface area contributed by atoms with E-state index in [9.17, 15) is 8.78 Å². The van der Waals surface area contributed by atoms with Gasteiger partial charge in [0.2, 0.25) is 0 Å². The Morgan fingerprint density at radius 1 is 1.29 bits per heavy atom. The summed E-state index contributed by atoms with van der Waals surface area (Å²) in [5, 5.41) is 1.93. The lowest BCUT2D eigenvalue weighted by atomic mass is 10.0. The maximum absolute atomic E-state index is 13.4. The molecular formula is C13H13F2NS. The molecule has 2 rings (SSSR count). The number of thiophene rings is 1. The zero-order valence-corrected chi connectivity index (χ0v) is 10.2. The van der Waals surface area contributed by atoms with E-state index < -0.39 is 11.6 Å². The van der Waals surface area contributed by atoms with Crippen LogP contribution in [0, 0.1) is 18.6 Å². The van der Waals surface area contributed by atoms with E-state index in [1.165, 1.54) is 18.2 Å². The molecule has 0 fully saturated rings. The predicted molar refractivity (Wildman–Crippen MR) is 66.0 cm³/mol. The zero-order valence-electron chi connectivity index (χ0n) is 9.41. The Hall–Kier alpha value is -1.26. The molecule has 1 atom stereocenters. The average Bonchev–Trinajstić information content (AvgIpc) is 2.70. The van der Waals surface area contributed by atoms with Crippen molar-refractivity contribution in [2.24, 2.45) is 5.73 Å². The lowest BCUT2D eigenvalue weighted by Crippen LogP contribution is -2.14. The molecule has 1 aromatic heterocycles. The highest BCUT2D eigenvalue weighted by molar-refractivity contribution is 7.10. The molecule has 90 valence electrons. The van der Waals surface area contributed by atoms with Gasteiger partial charge < -0.3 is 5.73 Å². The van der Waals surface area contributed by atoms with Gasteiger partial charge >= 0.3 is 0 Å². The molecule has 1 nitrogen and oxygen atoms in total. The normalized spacial score (nSPS) is 12.7. The molecule has 0 aliphatic heterocycles. The Morgan fingerprint density at radius 2 is 1.94 bits per heavy atom. The molecule has 4 heteroatoms. The molecule has 0 saturated carbocycles. The number of halogens is 2. The monoisotopic (exact) mass is 253 g/mol. The van der Waals surface area contributed by atoms with Crippen LogP contribution in [0.15, 0.2) is 29.6 Å². The minimum Gasteiger partial charge on any atom is -0.324 e. The minimum atomic E-state index is -0.535. The lowest BCUT2D eigenvalue weighted by Gasteiger charge is -2.11. The van der Waals surface area contributed by atoms with Crippen molar-refractivity contribution in [2.45, 2.75) is 19.4 Å². The topological polar surface area (TPSA) is 26.0 Å². The Morgan fingerprint density at radius 3 is 2.47 bits per heavy atom. The summed E-state index contributed by atoms with van der Waals surface area (Å²) in [4.78, 5) is 1.14. The van der Waals surface area contributed by atoms with E-state index in [-0.39, 0.29) is 18.0 Å². The highest BCUT2D eigenvalue weighted by atomic mass is 32.1. The fourth-order valence-electron chi connectivity index (χ4n) is 1.72. The second-order valence-corrected chi connectivity index (χ2v) is 5.12. The highest BCUT2D eigenvalue weighted by Crippen LogP contribution is 2.24. The van der Waals surface area contributed by atoms with Crippen molar-refractivity contribution in [3.05, 3.63) is 57.3 Å². The third kappa shape index (κ3) is 2.70. The molecule has 1 unspecified atom stereocenters. The lowest BCUT2D eigenvalue weighted by molar-refractivity contribution is 0.540. The molecular weight excluding hydrogens is 240 g/mol. The summed E-state index contributed by atoms with van der Waals surface area (Å²) in [6.07, 6.45) is 0.175. The Balaban J connectivity index is 2.21. The standard InChI is InChI=1S/C13H13F2NS/c1-8-5-9(7-17-8)13(16)6-10-11(14)3-2-4-12(10)15/h2-5,7,13H,6,16H2,1H3. The van der Waals surface area contributed by atoms with Gasteiger partial charge in [-0.15, -0.1) is 11.3 Å². The third-order valence-electron chi connectivity index (χ3n) is 2.66. The van der Waals surface area contributed by atoms with Crippen molar-refractivity contribution in [1.82, 2.24) is 0 Å². The second kappa shape index (κ2) is 4.94. The van der Waals surface area contributed by atoms with Crippen LogP contribution in [0.2, 0.25) is 0 Å². The number of rotatable bonds is 3. The molecule has 0 aliphatic rings. The van der Waals surface area contributed by atoms with Gasteiger partial charge in [0, 0.05) is 16.5 Å². The average molecular weight is 253 g/mol. The van der Waals surface area contributed by atoms with E-state index in [0.29, 0.717) is 0 Å². The van der Waals surface area contributed by atoms with Crippen LogP contribution in [0.4, 0.5) is 8.78 Å². The summed E-state index contributed by atoms with van der Waals surface area (Å²) in [7, 11) is 0. The third-order valence-corrected chi connectivity index (χ3v) is 3.54. The molecule has 0 spiro atoms. The predicted octanol–water partition coefficient (Wildman–Crippen LogP) is 3.58. The number of benzene rings is 1. The van der Waals surface area contributed by atoms with Gasteiger partial charge in [-0.25, -0.2) is 8.78 Å². The van der Waals surface area contributed by atoms with Crippen LogP contribution < -0.4 is 5.73 Å². The highest BCUT2D eigenvalue weighted by Gasteiger charge is 2.14. The van der Waals surface area contributed by atoms with E-state index in [4.69, 9.17) is 5.73 Å². The first kappa shape index (κ1) is 12.2. The van der Waals surface area contributed by atoms with Gasteiger partial charge in [-0.1, -0.05) is 6.07 Å². The minimum absolute atomic E-state index is 0.0591. The van der Waals surface area contributed by atoms with E-state index in [0.717, 1.165) is 10.4 Å². The van der Waals surface area contributed by atoms with Crippen molar-refractivity contribution in [2.75, 3.05) is 0 Å². The Kier molecular flexibility index (Phi) is 3.54. The zero-order chi connectivity index (χ0) is 12.4. The molecule has 2 aromatic rings. The van der Waals surface area contributed by atoms with Crippen LogP contribution in [-0.2, 0) is 6.42 Å². The van der Waals surface area contributed by atoms with Crippen LogP contribution in [0.1, 0.15) is 22.0 Å².